The van der Waals surface area contributed by atoms with Crippen LogP contribution in [0.5, 0.6) is 0 Å². The summed E-state index contributed by atoms with van der Waals surface area (Å²) in [5, 5.41) is 8.83. The molecule has 0 bridgehead atoms. The van der Waals surface area contributed by atoms with E-state index in [1.165, 1.54) is 4.88 Å². The first kappa shape index (κ1) is 17.1. The number of benzene rings is 1. The molecule has 0 aliphatic heterocycles. The highest BCUT2D eigenvalue weighted by Crippen LogP contribution is 2.21. The van der Waals surface area contributed by atoms with Crippen molar-refractivity contribution < 1.29 is 0 Å². The molecule has 1 aromatic heterocycles. The molecule has 0 fully saturated rings. The molecular weight excluding hydrogens is 339 g/mol. The van der Waals surface area contributed by atoms with Crippen molar-refractivity contribution in [3.63, 3.8) is 0 Å². The molecule has 0 aliphatic rings. The van der Waals surface area contributed by atoms with E-state index in [9.17, 15) is 0 Å². The first-order chi connectivity index (χ1) is 10.6. The van der Waals surface area contributed by atoms with Gasteiger partial charge >= 0.3 is 0 Å². The van der Waals surface area contributed by atoms with Gasteiger partial charge < -0.3 is 10.6 Å². The first-order valence-electron chi connectivity index (χ1n) is 6.96. The highest BCUT2D eigenvalue weighted by Gasteiger charge is 2.03. The number of nitrogens with zero attached hydrogens (tertiary/aromatic N) is 2. The maximum Gasteiger partial charge on any atom is 0.191 e. The summed E-state index contributed by atoms with van der Waals surface area (Å²) >= 11 is 13.7. The van der Waals surface area contributed by atoms with Gasteiger partial charge in [-0.05, 0) is 31.5 Å². The molecule has 0 aliphatic carbocycles. The Balaban J connectivity index is 1.99. The molecule has 4 nitrogen and oxygen atoms in total. The number of guanidine groups is 1. The number of thiazole rings is 1. The number of aliphatic imine (C=N–C) groups is 1. The predicted octanol–water partition coefficient (Wildman–Crippen LogP) is 4.01. The summed E-state index contributed by atoms with van der Waals surface area (Å²) in [5.41, 5.74) is 0.942. The zero-order chi connectivity index (χ0) is 15.9. The molecule has 118 valence electrons. The quantitative estimate of drug-likeness (QED) is 0.628. The van der Waals surface area contributed by atoms with E-state index in [0.29, 0.717) is 23.1 Å². The molecule has 0 spiro atoms. The summed E-state index contributed by atoms with van der Waals surface area (Å²) in [6.45, 7) is 6.01. The minimum atomic E-state index is 0.493. The lowest BCUT2D eigenvalue weighted by Crippen LogP contribution is -2.36. The van der Waals surface area contributed by atoms with Crippen LogP contribution in [0.2, 0.25) is 10.0 Å². The minimum absolute atomic E-state index is 0.493. The van der Waals surface area contributed by atoms with Crippen molar-refractivity contribution in [1.82, 2.24) is 15.6 Å². The van der Waals surface area contributed by atoms with Crippen LogP contribution in [0.25, 0.3) is 0 Å². The van der Waals surface area contributed by atoms with Gasteiger partial charge in [0.15, 0.2) is 5.96 Å². The van der Waals surface area contributed by atoms with Crippen LogP contribution in [0.3, 0.4) is 0 Å². The second-order valence-corrected chi connectivity index (χ2v) is 6.79. The molecule has 0 amide bonds. The lowest BCUT2D eigenvalue weighted by molar-refractivity contribution is 0.822. The van der Waals surface area contributed by atoms with Crippen LogP contribution >= 0.6 is 34.5 Å². The van der Waals surface area contributed by atoms with Gasteiger partial charge in [-0.25, -0.2) is 9.98 Å². The summed E-state index contributed by atoms with van der Waals surface area (Å²) in [7, 11) is 0. The van der Waals surface area contributed by atoms with E-state index < -0.39 is 0 Å². The lowest BCUT2D eigenvalue weighted by atomic mass is 10.2. The fourth-order valence-electron chi connectivity index (χ4n) is 1.81. The molecule has 2 rings (SSSR count). The Hall–Kier alpha value is -1.30. The maximum atomic E-state index is 6.16. The Morgan fingerprint density at radius 2 is 2.14 bits per heavy atom. The second kappa shape index (κ2) is 8.36. The SMILES string of the molecule is CCNC(=NCc1ccc(Cl)cc1Cl)NCc1cnc(C)s1. The standard InChI is InChI=1S/C15H18Cl2N4S/c1-3-18-15(21-9-13-8-19-10(2)22-13)20-7-11-4-5-12(16)6-14(11)17/h4-6,8H,3,7,9H2,1-2H3,(H2,18,20,21). The highest BCUT2D eigenvalue weighted by atomic mass is 35.5. The Morgan fingerprint density at radius 3 is 2.77 bits per heavy atom. The fourth-order valence-corrected chi connectivity index (χ4v) is 3.02. The molecule has 0 saturated carbocycles. The zero-order valence-electron chi connectivity index (χ0n) is 12.5. The van der Waals surface area contributed by atoms with Gasteiger partial charge in [-0.1, -0.05) is 29.3 Å². The van der Waals surface area contributed by atoms with Crippen molar-refractivity contribution in [2.75, 3.05) is 6.54 Å². The van der Waals surface area contributed by atoms with E-state index in [-0.39, 0.29) is 0 Å². The van der Waals surface area contributed by atoms with E-state index in [2.05, 4.69) is 20.6 Å². The Bertz CT molecular complexity index is 655. The number of aromatic nitrogens is 1. The van der Waals surface area contributed by atoms with Gasteiger partial charge in [-0.15, -0.1) is 11.3 Å². The molecule has 7 heteroatoms. The number of aryl methyl sites for hydroxylation is 1. The summed E-state index contributed by atoms with van der Waals surface area (Å²) in [6, 6.07) is 5.44. The van der Waals surface area contributed by atoms with Crippen molar-refractivity contribution in [3.8, 4) is 0 Å². The van der Waals surface area contributed by atoms with Crippen molar-refractivity contribution in [2.24, 2.45) is 4.99 Å². The highest BCUT2D eigenvalue weighted by molar-refractivity contribution is 7.11. The Labute approximate surface area is 144 Å². The molecule has 22 heavy (non-hydrogen) atoms. The van der Waals surface area contributed by atoms with E-state index in [4.69, 9.17) is 23.2 Å². The molecule has 1 aromatic carbocycles. The topological polar surface area (TPSA) is 49.3 Å². The normalized spacial score (nSPS) is 11.5. The summed E-state index contributed by atoms with van der Waals surface area (Å²) in [4.78, 5) is 9.96. The monoisotopic (exact) mass is 356 g/mol. The zero-order valence-corrected chi connectivity index (χ0v) is 14.8. The number of halogens is 2. The average molecular weight is 357 g/mol. The Kier molecular flexibility index (Phi) is 6.49. The van der Waals surface area contributed by atoms with Gasteiger partial charge in [-0.2, -0.15) is 0 Å². The van der Waals surface area contributed by atoms with Gasteiger partial charge in [0.05, 0.1) is 18.1 Å². The summed E-state index contributed by atoms with van der Waals surface area (Å²) in [5.74, 6) is 0.750. The molecule has 2 N–H and O–H groups in total. The molecule has 1 heterocycles. The number of hydrogen-bond acceptors (Lipinski definition) is 3. The van der Waals surface area contributed by atoms with Crippen LogP contribution in [0.1, 0.15) is 22.4 Å². The third-order valence-corrected chi connectivity index (χ3v) is 4.37. The van der Waals surface area contributed by atoms with Gasteiger partial charge in [0, 0.05) is 27.7 Å². The Morgan fingerprint density at radius 1 is 1.32 bits per heavy atom. The van der Waals surface area contributed by atoms with Crippen molar-refractivity contribution in [3.05, 3.63) is 49.9 Å². The van der Waals surface area contributed by atoms with Crippen LogP contribution in [0.4, 0.5) is 0 Å². The molecule has 0 saturated heterocycles. The van der Waals surface area contributed by atoms with Gasteiger partial charge in [0.25, 0.3) is 0 Å². The fraction of sp³-hybridized carbons (Fsp3) is 0.333. The van der Waals surface area contributed by atoms with E-state index in [0.717, 1.165) is 23.1 Å². The summed E-state index contributed by atoms with van der Waals surface area (Å²) in [6.07, 6.45) is 1.88. The average Bonchev–Trinajstić information content (AvgIpc) is 2.89. The molecular formula is C15H18Cl2N4S. The van der Waals surface area contributed by atoms with Crippen LogP contribution in [-0.2, 0) is 13.1 Å². The van der Waals surface area contributed by atoms with Crippen molar-refractivity contribution in [2.45, 2.75) is 26.9 Å². The van der Waals surface area contributed by atoms with Gasteiger partial charge in [-0.3, -0.25) is 0 Å². The van der Waals surface area contributed by atoms with Crippen molar-refractivity contribution in [1.29, 1.82) is 0 Å². The maximum absolute atomic E-state index is 6.16. The van der Waals surface area contributed by atoms with E-state index in [1.54, 1.807) is 17.4 Å². The van der Waals surface area contributed by atoms with E-state index in [1.807, 2.05) is 32.2 Å². The molecule has 0 radical (unpaired) electrons. The third kappa shape index (κ3) is 5.16. The molecule has 2 aromatic rings. The third-order valence-electron chi connectivity index (χ3n) is 2.87. The largest absolute Gasteiger partial charge is 0.357 e. The number of nitrogens with one attached hydrogen (secondary N) is 2. The van der Waals surface area contributed by atoms with Crippen LogP contribution < -0.4 is 10.6 Å². The second-order valence-electron chi connectivity index (χ2n) is 4.63. The van der Waals surface area contributed by atoms with Gasteiger partial charge in [0.1, 0.15) is 0 Å². The first-order valence-corrected chi connectivity index (χ1v) is 8.53. The summed E-state index contributed by atoms with van der Waals surface area (Å²) < 4.78 is 0. The smallest absolute Gasteiger partial charge is 0.191 e. The van der Waals surface area contributed by atoms with E-state index >= 15 is 0 Å². The van der Waals surface area contributed by atoms with Gasteiger partial charge in [0.2, 0.25) is 0 Å². The van der Waals surface area contributed by atoms with Crippen molar-refractivity contribution >= 4 is 40.5 Å². The molecule has 0 atom stereocenters. The predicted molar refractivity (Wildman–Crippen MR) is 95.0 cm³/mol. The lowest BCUT2D eigenvalue weighted by Gasteiger charge is -2.10. The van der Waals surface area contributed by atoms with Crippen LogP contribution in [-0.4, -0.2) is 17.5 Å². The van der Waals surface area contributed by atoms with Crippen LogP contribution in [0.15, 0.2) is 29.4 Å². The van der Waals surface area contributed by atoms with Crippen LogP contribution in [0, 0.1) is 6.92 Å². The number of hydrogen-bond donors (Lipinski definition) is 2. The minimum Gasteiger partial charge on any atom is -0.357 e. The molecule has 0 unspecified atom stereocenters. The number of rotatable bonds is 5.